The summed E-state index contributed by atoms with van der Waals surface area (Å²) in [6.07, 6.45) is 1.93. The molecule has 1 unspecified atom stereocenters. The SMILES string of the molecule is Cc1ccc(OC(=O)C2CCCN2)cc1C. The molecule has 0 radical (unpaired) electrons. The van der Waals surface area contributed by atoms with Gasteiger partial charge in [-0.3, -0.25) is 0 Å². The van der Waals surface area contributed by atoms with Crippen molar-refractivity contribution < 1.29 is 9.53 Å². The molecule has 1 atom stereocenters. The molecule has 86 valence electrons. The van der Waals surface area contributed by atoms with Crippen molar-refractivity contribution in [3.8, 4) is 5.75 Å². The second-order valence-electron chi connectivity index (χ2n) is 4.32. The minimum atomic E-state index is -0.166. The lowest BCUT2D eigenvalue weighted by molar-refractivity contribution is -0.136. The van der Waals surface area contributed by atoms with Gasteiger partial charge in [-0.1, -0.05) is 6.07 Å². The second kappa shape index (κ2) is 4.66. The molecular formula is C13H17NO2. The zero-order valence-corrected chi connectivity index (χ0v) is 9.75. The van der Waals surface area contributed by atoms with Crippen LogP contribution >= 0.6 is 0 Å². The summed E-state index contributed by atoms with van der Waals surface area (Å²) >= 11 is 0. The Hall–Kier alpha value is -1.35. The maximum atomic E-state index is 11.7. The Balaban J connectivity index is 2.02. The molecule has 1 aromatic rings. The first-order valence-electron chi connectivity index (χ1n) is 5.69. The number of hydrogen-bond acceptors (Lipinski definition) is 3. The van der Waals surface area contributed by atoms with E-state index in [4.69, 9.17) is 4.74 Å². The van der Waals surface area contributed by atoms with Crippen LogP contribution in [0.15, 0.2) is 18.2 Å². The van der Waals surface area contributed by atoms with Gasteiger partial charge < -0.3 is 10.1 Å². The highest BCUT2D eigenvalue weighted by atomic mass is 16.5. The van der Waals surface area contributed by atoms with E-state index in [1.165, 1.54) is 5.56 Å². The lowest BCUT2D eigenvalue weighted by atomic mass is 10.1. The number of aryl methyl sites for hydroxylation is 2. The average molecular weight is 219 g/mol. The fourth-order valence-corrected chi connectivity index (χ4v) is 1.85. The van der Waals surface area contributed by atoms with E-state index in [1.807, 2.05) is 32.0 Å². The molecular weight excluding hydrogens is 202 g/mol. The van der Waals surface area contributed by atoms with Crippen molar-refractivity contribution in [3.05, 3.63) is 29.3 Å². The fourth-order valence-electron chi connectivity index (χ4n) is 1.85. The highest BCUT2D eigenvalue weighted by Crippen LogP contribution is 2.18. The van der Waals surface area contributed by atoms with Gasteiger partial charge >= 0.3 is 5.97 Å². The first kappa shape index (κ1) is 11.1. The molecule has 3 nitrogen and oxygen atoms in total. The van der Waals surface area contributed by atoms with E-state index in [0.29, 0.717) is 5.75 Å². The van der Waals surface area contributed by atoms with Crippen LogP contribution in [0.1, 0.15) is 24.0 Å². The van der Waals surface area contributed by atoms with Gasteiger partial charge in [-0.25, -0.2) is 4.79 Å². The molecule has 0 amide bonds. The number of nitrogens with one attached hydrogen (secondary N) is 1. The predicted molar refractivity (Wildman–Crippen MR) is 62.6 cm³/mol. The molecule has 0 saturated carbocycles. The highest BCUT2D eigenvalue weighted by Gasteiger charge is 2.23. The summed E-state index contributed by atoms with van der Waals surface area (Å²) in [7, 11) is 0. The molecule has 0 aliphatic carbocycles. The van der Waals surface area contributed by atoms with Gasteiger partial charge in [-0.2, -0.15) is 0 Å². The van der Waals surface area contributed by atoms with Crippen LogP contribution in [0.2, 0.25) is 0 Å². The van der Waals surface area contributed by atoms with Crippen LogP contribution in [-0.4, -0.2) is 18.6 Å². The minimum absolute atomic E-state index is 0.124. The monoisotopic (exact) mass is 219 g/mol. The van der Waals surface area contributed by atoms with Crippen LogP contribution in [0.4, 0.5) is 0 Å². The summed E-state index contributed by atoms with van der Waals surface area (Å²) in [5, 5.41) is 3.13. The van der Waals surface area contributed by atoms with Crippen molar-refractivity contribution in [2.24, 2.45) is 0 Å². The Morgan fingerprint density at radius 3 is 2.81 bits per heavy atom. The summed E-state index contributed by atoms with van der Waals surface area (Å²) in [4.78, 5) is 11.7. The van der Waals surface area contributed by atoms with Crippen molar-refractivity contribution >= 4 is 5.97 Å². The Morgan fingerprint density at radius 1 is 1.38 bits per heavy atom. The molecule has 0 aromatic heterocycles. The molecule has 1 fully saturated rings. The maximum absolute atomic E-state index is 11.7. The standard InChI is InChI=1S/C13H17NO2/c1-9-5-6-11(8-10(9)2)16-13(15)12-4-3-7-14-12/h5-6,8,12,14H,3-4,7H2,1-2H3. The van der Waals surface area contributed by atoms with Gasteiger partial charge in [-0.05, 0) is 56.5 Å². The molecule has 1 saturated heterocycles. The molecule has 1 N–H and O–H groups in total. The second-order valence-corrected chi connectivity index (χ2v) is 4.32. The van der Waals surface area contributed by atoms with Gasteiger partial charge in [0.1, 0.15) is 11.8 Å². The number of carbonyl (C=O) groups excluding carboxylic acids is 1. The van der Waals surface area contributed by atoms with Crippen molar-refractivity contribution in [1.82, 2.24) is 5.32 Å². The molecule has 0 bridgehead atoms. The third kappa shape index (κ3) is 2.42. The van der Waals surface area contributed by atoms with Crippen molar-refractivity contribution in [1.29, 1.82) is 0 Å². The van der Waals surface area contributed by atoms with E-state index >= 15 is 0 Å². The number of ether oxygens (including phenoxy) is 1. The summed E-state index contributed by atoms with van der Waals surface area (Å²) < 4.78 is 5.33. The zero-order chi connectivity index (χ0) is 11.5. The summed E-state index contributed by atoms with van der Waals surface area (Å²) in [6.45, 7) is 4.96. The largest absolute Gasteiger partial charge is 0.425 e. The van der Waals surface area contributed by atoms with Crippen LogP contribution < -0.4 is 10.1 Å². The number of esters is 1. The third-order valence-electron chi connectivity index (χ3n) is 3.04. The number of hydrogen-bond donors (Lipinski definition) is 1. The van der Waals surface area contributed by atoms with E-state index in [-0.39, 0.29) is 12.0 Å². The molecule has 1 aliphatic heterocycles. The summed E-state index contributed by atoms with van der Waals surface area (Å²) in [6, 6.07) is 5.60. The van der Waals surface area contributed by atoms with E-state index in [2.05, 4.69) is 5.32 Å². The lowest BCUT2D eigenvalue weighted by Gasteiger charge is -2.10. The van der Waals surface area contributed by atoms with Gasteiger partial charge in [0.15, 0.2) is 0 Å². The smallest absolute Gasteiger partial charge is 0.328 e. The quantitative estimate of drug-likeness (QED) is 0.610. The first-order chi connectivity index (χ1) is 7.66. The van der Waals surface area contributed by atoms with Crippen LogP contribution in [0.25, 0.3) is 0 Å². The molecule has 2 rings (SSSR count). The number of rotatable bonds is 2. The first-order valence-corrected chi connectivity index (χ1v) is 5.69. The predicted octanol–water partition coefficient (Wildman–Crippen LogP) is 1.96. The van der Waals surface area contributed by atoms with Gasteiger partial charge in [0, 0.05) is 0 Å². The third-order valence-corrected chi connectivity index (χ3v) is 3.04. The van der Waals surface area contributed by atoms with Crippen LogP contribution in [0.5, 0.6) is 5.75 Å². The molecule has 1 heterocycles. The van der Waals surface area contributed by atoms with E-state index < -0.39 is 0 Å². The Morgan fingerprint density at radius 2 is 2.19 bits per heavy atom. The van der Waals surface area contributed by atoms with Crippen LogP contribution in [0.3, 0.4) is 0 Å². The highest BCUT2D eigenvalue weighted by molar-refractivity contribution is 5.78. The molecule has 1 aliphatic rings. The Labute approximate surface area is 95.8 Å². The van der Waals surface area contributed by atoms with Crippen LogP contribution in [-0.2, 0) is 4.79 Å². The zero-order valence-electron chi connectivity index (χ0n) is 9.75. The van der Waals surface area contributed by atoms with Gasteiger partial charge in [0.05, 0.1) is 0 Å². The van der Waals surface area contributed by atoms with Crippen molar-refractivity contribution in [2.45, 2.75) is 32.7 Å². The number of carbonyl (C=O) groups is 1. The lowest BCUT2D eigenvalue weighted by Crippen LogP contribution is -2.34. The van der Waals surface area contributed by atoms with E-state index in [1.54, 1.807) is 0 Å². The van der Waals surface area contributed by atoms with E-state index in [0.717, 1.165) is 24.9 Å². The van der Waals surface area contributed by atoms with Crippen LogP contribution in [0, 0.1) is 13.8 Å². The summed E-state index contributed by atoms with van der Waals surface area (Å²) in [5.41, 5.74) is 2.35. The minimum Gasteiger partial charge on any atom is -0.425 e. The Kier molecular flexibility index (Phi) is 3.25. The fraction of sp³-hybridized carbons (Fsp3) is 0.462. The maximum Gasteiger partial charge on any atom is 0.328 e. The van der Waals surface area contributed by atoms with Crippen molar-refractivity contribution in [2.75, 3.05) is 6.54 Å². The van der Waals surface area contributed by atoms with Gasteiger partial charge in [0.2, 0.25) is 0 Å². The number of benzene rings is 1. The molecule has 0 spiro atoms. The molecule has 16 heavy (non-hydrogen) atoms. The molecule has 3 heteroatoms. The Bertz CT molecular complexity index is 395. The van der Waals surface area contributed by atoms with Gasteiger partial charge in [0.25, 0.3) is 0 Å². The molecule has 1 aromatic carbocycles. The topological polar surface area (TPSA) is 38.3 Å². The van der Waals surface area contributed by atoms with Gasteiger partial charge in [-0.15, -0.1) is 0 Å². The van der Waals surface area contributed by atoms with E-state index in [9.17, 15) is 4.79 Å². The average Bonchev–Trinajstić information content (AvgIpc) is 2.77. The van der Waals surface area contributed by atoms with Crippen molar-refractivity contribution in [3.63, 3.8) is 0 Å². The summed E-state index contributed by atoms with van der Waals surface area (Å²) in [5.74, 6) is 0.475. The normalized spacial score (nSPS) is 19.8.